The first-order valence-corrected chi connectivity index (χ1v) is 12.7. The summed E-state index contributed by atoms with van der Waals surface area (Å²) in [5, 5.41) is 2.21. The molecule has 32 heavy (non-hydrogen) atoms. The third-order valence-corrected chi connectivity index (χ3v) is 7.28. The van der Waals surface area contributed by atoms with E-state index in [1.807, 2.05) is 37.0 Å². The van der Waals surface area contributed by atoms with Gasteiger partial charge in [-0.25, -0.2) is 0 Å². The number of thiophene rings is 1. The molecule has 2 aliphatic heterocycles. The van der Waals surface area contributed by atoms with Crippen LogP contribution in [0.5, 0.6) is 17.2 Å². The molecule has 1 aromatic heterocycles. The highest BCUT2D eigenvalue weighted by atomic mass is 32.1. The molecule has 1 aromatic carbocycles. The molecule has 2 aliphatic rings. The van der Waals surface area contributed by atoms with Crippen LogP contribution in [0.1, 0.15) is 54.4 Å². The molecule has 1 saturated heterocycles. The molecule has 1 amide bonds. The fourth-order valence-corrected chi connectivity index (χ4v) is 5.60. The van der Waals surface area contributed by atoms with Gasteiger partial charge in [0, 0.05) is 42.7 Å². The van der Waals surface area contributed by atoms with Crippen LogP contribution in [-0.4, -0.2) is 61.2 Å². The van der Waals surface area contributed by atoms with Gasteiger partial charge in [-0.1, -0.05) is 0 Å². The number of carbonyl (C=O) groups excluding carboxylic acids is 1. The monoisotopic (exact) mass is 458 g/mol. The van der Waals surface area contributed by atoms with Gasteiger partial charge in [0.1, 0.15) is 0 Å². The first-order chi connectivity index (χ1) is 15.6. The lowest BCUT2D eigenvalue weighted by atomic mass is 9.99. The van der Waals surface area contributed by atoms with E-state index in [9.17, 15) is 4.79 Å². The van der Waals surface area contributed by atoms with Gasteiger partial charge in [-0.2, -0.15) is 0 Å². The van der Waals surface area contributed by atoms with E-state index in [0.717, 1.165) is 45.4 Å². The summed E-state index contributed by atoms with van der Waals surface area (Å²) in [5.74, 6) is 1.74. The molecule has 1 fully saturated rings. The highest BCUT2D eigenvalue weighted by Crippen LogP contribution is 2.39. The van der Waals surface area contributed by atoms with E-state index in [2.05, 4.69) is 16.3 Å². The van der Waals surface area contributed by atoms with Crippen molar-refractivity contribution in [3.05, 3.63) is 39.6 Å². The third kappa shape index (κ3) is 4.89. The Bertz CT molecular complexity index is 893. The van der Waals surface area contributed by atoms with Crippen LogP contribution in [0.3, 0.4) is 0 Å². The summed E-state index contributed by atoms with van der Waals surface area (Å²) < 4.78 is 17.4. The maximum Gasteiger partial charge on any atom is 0.254 e. The predicted molar refractivity (Wildman–Crippen MR) is 127 cm³/mol. The number of nitrogens with zero attached hydrogens (tertiary/aromatic N) is 2. The number of rotatable bonds is 8. The normalized spacial score (nSPS) is 17.2. The Hall–Kier alpha value is -2.25. The van der Waals surface area contributed by atoms with Gasteiger partial charge in [-0.05, 0) is 69.2 Å². The van der Waals surface area contributed by atoms with Gasteiger partial charge in [-0.15, -0.1) is 11.3 Å². The fourth-order valence-electron chi connectivity index (χ4n) is 4.71. The van der Waals surface area contributed by atoms with Gasteiger partial charge in [0.2, 0.25) is 5.75 Å². The molecule has 0 N–H and O–H groups in total. The number of piperidine rings is 1. The molecular weight excluding hydrogens is 424 g/mol. The van der Waals surface area contributed by atoms with Crippen molar-refractivity contribution in [2.45, 2.75) is 52.6 Å². The predicted octanol–water partition coefficient (Wildman–Crippen LogP) is 4.61. The minimum absolute atomic E-state index is 0.0344. The van der Waals surface area contributed by atoms with Crippen LogP contribution in [-0.2, 0) is 13.0 Å². The SMILES string of the molecule is CCOc1cc(C(=O)N2CCC(N3CCc4sccc4C3)CC2)cc(OCC)c1OCC. The Morgan fingerprint density at radius 3 is 2.28 bits per heavy atom. The first-order valence-electron chi connectivity index (χ1n) is 11.8. The molecule has 0 atom stereocenters. The Balaban J connectivity index is 1.44. The van der Waals surface area contributed by atoms with Crippen LogP contribution in [0.25, 0.3) is 0 Å². The fraction of sp³-hybridized carbons (Fsp3) is 0.560. The zero-order valence-corrected chi connectivity index (χ0v) is 20.2. The van der Waals surface area contributed by atoms with Crippen LogP contribution in [0.15, 0.2) is 23.6 Å². The smallest absolute Gasteiger partial charge is 0.254 e. The number of amides is 1. The standard InChI is InChI=1S/C25H34N2O4S/c1-4-29-21-15-19(16-22(30-5-2)24(21)31-6-3)25(28)26-11-7-20(8-12-26)27-13-9-23-18(17-27)10-14-32-23/h10,14-16,20H,4-9,11-13,17H2,1-3H3. The topological polar surface area (TPSA) is 51.2 Å². The largest absolute Gasteiger partial charge is 0.490 e. The number of hydrogen-bond donors (Lipinski definition) is 0. The summed E-state index contributed by atoms with van der Waals surface area (Å²) in [6.45, 7) is 11.0. The second-order valence-corrected chi connectivity index (χ2v) is 9.21. The lowest BCUT2D eigenvalue weighted by molar-refractivity contribution is 0.0599. The summed E-state index contributed by atoms with van der Waals surface area (Å²) in [7, 11) is 0. The Kier molecular flexibility index (Phi) is 7.58. The third-order valence-electron chi connectivity index (χ3n) is 6.26. The van der Waals surface area contributed by atoms with Crippen LogP contribution >= 0.6 is 11.3 Å². The molecule has 0 unspecified atom stereocenters. The summed E-state index contributed by atoms with van der Waals surface area (Å²) in [4.78, 5) is 19.5. The van der Waals surface area contributed by atoms with E-state index < -0.39 is 0 Å². The molecule has 0 saturated carbocycles. The van der Waals surface area contributed by atoms with Crippen molar-refractivity contribution in [2.24, 2.45) is 0 Å². The minimum Gasteiger partial charge on any atom is -0.490 e. The average Bonchev–Trinajstić information content (AvgIpc) is 3.29. The molecule has 0 aliphatic carbocycles. The second kappa shape index (κ2) is 10.6. The van der Waals surface area contributed by atoms with Crippen molar-refractivity contribution < 1.29 is 19.0 Å². The van der Waals surface area contributed by atoms with Crippen molar-refractivity contribution in [1.82, 2.24) is 9.80 Å². The van der Waals surface area contributed by atoms with E-state index in [4.69, 9.17) is 14.2 Å². The molecule has 7 heteroatoms. The molecule has 0 spiro atoms. The lowest BCUT2D eigenvalue weighted by Crippen LogP contribution is -2.47. The van der Waals surface area contributed by atoms with Crippen LogP contribution in [0.4, 0.5) is 0 Å². The number of ether oxygens (including phenoxy) is 3. The molecule has 3 heterocycles. The van der Waals surface area contributed by atoms with Crippen molar-refractivity contribution in [3.63, 3.8) is 0 Å². The van der Waals surface area contributed by atoms with Crippen LogP contribution < -0.4 is 14.2 Å². The van der Waals surface area contributed by atoms with Crippen molar-refractivity contribution in [3.8, 4) is 17.2 Å². The quantitative estimate of drug-likeness (QED) is 0.578. The second-order valence-electron chi connectivity index (χ2n) is 8.21. The molecule has 6 nitrogen and oxygen atoms in total. The maximum atomic E-state index is 13.4. The molecule has 0 radical (unpaired) electrons. The van der Waals surface area contributed by atoms with E-state index >= 15 is 0 Å². The van der Waals surface area contributed by atoms with Crippen molar-refractivity contribution in [2.75, 3.05) is 39.5 Å². The van der Waals surface area contributed by atoms with Crippen LogP contribution in [0.2, 0.25) is 0 Å². The summed E-state index contributed by atoms with van der Waals surface area (Å²) in [5.41, 5.74) is 2.08. The zero-order valence-electron chi connectivity index (χ0n) is 19.4. The van der Waals surface area contributed by atoms with E-state index in [-0.39, 0.29) is 5.91 Å². The Morgan fingerprint density at radius 2 is 1.66 bits per heavy atom. The van der Waals surface area contributed by atoms with Crippen LogP contribution in [0, 0.1) is 0 Å². The van der Waals surface area contributed by atoms with E-state index in [1.54, 1.807) is 17.0 Å². The summed E-state index contributed by atoms with van der Waals surface area (Å²) in [6.07, 6.45) is 3.18. The number of fused-ring (bicyclic) bond motifs is 1. The van der Waals surface area contributed by atoms with Crippen molar-refractivity contribution in [1.29, 1.82) is 0 Å². The van der Waals surface area contributed by atoms with Gasteiger partial charge < -0.3 is 19.1 Å². The highest BCUT2D eigenvalue weighted by molar-refractivity contribution is 7.10. The molecule has 4 rings (SSSR count). The zero-order chi connectivity index (χ0) is 22.5. The van der Waals surface area contributed by atoms with Gasteiger partial charge in [0.25, 0.3) is 5.91 Å². The van der Waals surface area contributed by atoms with Gasteiger partial charge >= 0.3 is 0 Å². The van der Waals surface area contributed by atoms with E-state index in [0.29, 0.717) is 48.7 Å². The number of benzene rings is 1. The Labute approximate surface area is 195 Å². The molecule has 2 aromatic rings. The summed E-state index contributed by atoms with van der Waals surface area (Å²) in [6, 6.07) is 6.41. The minimum atomic E-state index is 0.0344. The van der Waals surface area contributed by atoms with E-state index in [1.165, 1.54) is 5.56 Å². The lowest BCUT2D eigenvalue weighted by Gasteiger charge is -2.40. The number of hydrogen-bond acceptors (Lipinski definition) is 6. The van der Waals surface area contributed by atoms with Crippen molar-refractivity contribution >= 4 is 17.2 Å². The van der Waals surface area contributed by atoms with Gasteiger partial charge in [0.05, 0.1) is 19.8 Å². The maximum absolute atomic E-state index is 13.4. The number of carbonyl (C=O) groups is 1. The first kappa shape index (κ1) is 22.9. The highest BCUT2D eigenvalue weighted by Gasteiger charge is 2.30. The van der Waals surface area contributed by atoms with Gasteiger partial charge in [-0.3, -0.25) is 9.69 Å². The van der Waals surface area contributed by atoms with Gasteiger partial charge in [0.15, 0.2) is 11.5 Å². The summed E-state index contributed by atoms with van der Waals surface area (Å²) >= 11 is 1.88. The molecule has 0 bridgehead atoms. The molecular formula is C25H34N2O4S. The Morgan fingerprint density at radius 1 is 1.00 bits per heavy atom. The average molecular weight is 459 g/mol. The number of likely N-dealkylation sites (tertiary alicyclic amines) is 1. The molecule has 174 valence electrons.